The summed E-state index contributed by atoms with van der Waals surface area (Å²) in [4.78, 5) is 13.0. The molecular weight excluding hydrogens is 803 g/mol. The molecule has 1 aliphatic heterocycles. The van der Waals surface area contributed by atoms with Gasteiger partial charge in [-0.15, -0.1) is 0 Å². The number of carbonyl (C=O) groups excluding carboxylic acids is 1. The molecule has 1 amide bonds. The third-order valence-corrected chi connectivity index (χ3v) is 13.3. The van der Waals surface area contributed by atoms with Crippen molar-refractivity contribution in [2.24, 2.45) is 0 Å². The molecule has 0 aromatic carbocycles. The second kappa shape index (κ2) is 45.5. The maximum absolute atomic E-state index is 13.0. The van der Waals surface area contributed by atoms with Crippen molar-refractivity contribution in [3.05, 3.63) is 24.3 Å². The summed E-state index contributed by atoms with van der Waals surface area (Å²) < 4.78 is 11.2. The first-order chi connectivity index (χ1) is 31.3. The lowest BCUT2D eigenvalue weighted by molar-refractivity contribution is -0.302. The third kappa shape index (κ3) is 34.9. The van der Waals surface area contributed by atoms with Crippen molar-refractivity contribution in [3.8, 4) is 0 Å². The molecule has 1 saturated heterocycles. The van der Waals surface area contributed by atoms with Crippen LogP contribution in [0.15, 0.2) is 24.3 Å². The predicted molar refractivity (Wildman–Crippen MR) is 267 cm³/mol. The average Bonchev–Trinajstić information content (AvgIpc) is 3.29. The molecule has 0 aromatic heterocycles. The Balaban J connectivity index is 2.19. The van der Waals surface area contributed by atoms with E-state index in [-0.39, 0.29) is 12.5 Å². The molecule has 9 nitrogen and oxygen atoms in total. The molecule has 0 aromatic rings. The second-order valence-electron chi connectivity index (χ2n) is 19.4. The van der Waals surface area contributed by atoms with E-state index >= 15 is 0 Å². The monoisotopic (exact) mass is 908 g/mol. The highest BCUT2D eigenvalue weighted by atomic mass is 16.7. The number of hydrogen-bond donors (Lipinski definition) is 6. The molecule has 1 heterocycles. The van der Waals surface area contributed by atoms with Gasteiger partial charge in [0, 0.05) is 6.42 Å². The Morgan fingerprint density at radius 2 is 0.875 bits per heavy atom. The molecule has 9 heteroatoms. The number of carbonyl (C=O) groups is 1. The maximum Gasteiger partial charge on any atom is 0.220 e. The van der Waals surface area contributed by atoms with Crippen molar-refractivity contribution >= 4 is 5.91 Å². The lowest BCUT2D eigenvalue weighted by Crippen LogP contribution is -2.60. The van der Waals surface area contributed by atoms with Gasteiger partial charge in [-0.05, 0) is 44.9 Å². The molecule has 0 spiro atoms. The number of aliphatic hydroxyl groups is 5. The lowest BCUT2D eigenvalue weighted by Gasteiger charge is -2.40. The zero-order valence-electron chi connectivity index (χ0n) is 41.8. The number of hydrogen-bond acceptors (Lipinski definition) is 8. The smallest absolute Gasteiger partial charge is 0.220 e. The molecule has 0 radical (unpaired) electrons. The van der Waals surface area contributed by atoms with Crippen molar-refractivity contribution < 1.29 is 39.8 Å². The quantitative estimate of drug-likeness (QED) is 0.0261. The summed E-state index contributed by atoms with van der Waals surface area (Å²) in [5.41, 5.74) is 0. The van der Waals surface area contributed by atoms with Gasteiger partial charge in [-0.3, -0.25) is 4.79 Å². The Morgan fingerprint density at radius 1 is 0.516 bits per heavy atom. The van der Waals surface area contributed by atoms with Crippen LogP contribution in [0.25, 0.3) is 0 Å². The normalized spacial score (nSPS) is 20.1. The second-order valence-corrected chi connectivity index (χ2v) is 19.4. The van der Waals surface area contributed by atoms with E-state index in [2.05, 4.69) is 31.3 Å². The number of ether oxygens (including phenoxy) is 2. The van der Waals surface area contributed by atoms with Gasteiger partial charge in [-0.25, -0.2) is 0 Å². The summed E-state index contributed by atoms with van der Waals surface area (Å²) in [6.45, 7) is 3.80. The van der Waals surface area contributed by atoms with E-state index in [1.54, 1.807) is 6.08 Å². The largest absolute Gasteiger partial charge is 0.394 e. The molecule has 6 N–H and O–H groups in total. The zero-order valence-corrected chi connectivity index (χ0v) is 41.8. The summed E-state index contributed by atoms with van der Waals surface area (Å²) in [5, 5.41) is 54.4. The Kier molecular flexibility index (Phi) is 43.1. The first-order valence-electron chi connectivity index (χ1n) is 27.6. The van der Waals surface area contributed by atoms with Crippen LogP contribution in [0, 0.1) is 0 Å². The minimum Gasteiger partial charge on any atom is -0.394 e. The van der Waals surface area contributed by atoms with Crippen LogP contribution in [-0.2, 0) is 14.3 Å². The first kappa shape index (κ1) is 60.7. The molecule has 1 rings (SSSR count). The Hall–Kier alpha value is -1.33. The van der Waals surface area contributed by atoms with Gasteiger partial charge in [0.1, 0.15) is 24.4 Å². The van der Waals surface area contributed by atoms with E-state index in [1.807, 2.05) is 6.08 Å². The average molecular weight is 908 g/mol. The van der Waals surface area contributed by atoms with Crippen LogP contribution < -0.4 is 5.32 Å². The molecule has 64 heavy (non-hydrogen) atoms. The summed E-state index contributed by atoms with van der Waals surface area (Å²) in [7, 11) is 0. The number of nitrogens with one attached hydrogen (secondary N) is 1. The third-order valence-electron chi connectivity index (χ3n) is 13.3. The van der Waals surface area contributed by atoms with Gasteiger partial charge < -0.3 is 40.3 Å². The van der Waals surface area contributed by atoms with E-state index < -0.39 is 49.5 Å². The van der Waals surface area contributed by atoms with Crippen LogP contribution in [0.1, 0.15) is 264 Å². The summed E-state index contributed by atoms with van der Waals surface area (Å²) in [6, 6.07) is -0.802. The van der Waals surface area contributed by atoms with Crippen molar-refractivity contribution in [1.82, 2.24) is 5.32 Å². The van der Waals surface area contributed by atoms with Gasteiger partial charge in [0.25, 0.3) is 0 Å². The van der Waals surface area contributed by atoms with Crippen LogP contribution in [0.5, 0.6) is 0 Å². The maximum atomic E-state index is 13.0. The van der Waals surface area contributed by atoms with Crippen LogP contribution >= 0.6 is 0 Å². The standard InChI is InChI=1S/C55H105NO8/c1-3-5-7-9-11-13-15-17-19-20-21-22-23-24-25-26-27-28-29-30-31-33-35-37-39-41-43-45-51(59)56-48(47-63-55-54(62)53(61)52(60)50(46-57)64-55)49(58)44-42-40-38-36-34-32-18-16-14-12-10-8-6-4-2/h24-25,42,44,48-50,52-55,57-58,60-62H,3-23,26-41,43,45-47H2,1-2H3,(H,56,59)/b25-24-,44-42+. The fourth-order valence-corrected chi connectivity index (χ4v) is 8.86. The number of amides is 1. The Labute approximate surface area is 394 Å². The van der Waals surface area contributed by atoms with Crippen molar-refractivity contribution in [3.63, 3.8) is 0 Å². The molecule has 0 saturated carbocycles. The molecular formula is C55H105NO8. The van der Waals surface area contributed by atoms with Crippen molar-refractivity contribution in [2.45, 2.75) is 307 Å². The van der Waals surface area contributed by atoms with Gasteiger partial charge in [0.2, 0.25) is 5.91 Å². The summed E-state index contributed by atoms with van der Waals surface area (Å²) in [6.07, 6.45) is 49.6. The van der Waals surface area contributed by atoms with Gasteiger partial charge in [0.15, 0.2) is 6.29 Å². The van der Waals surface area contributed by atoms with Gasteiger partial charge in [0.05, 0.1) is 25.4 Å². The predicted octanol–water partition coefficient (Wildman–Crippen LogP) is 13.0. The Morgan fingerprint density at radius 3 is 1.27 bits per heavy atom. The zero-order chi connectivity index (χ0) is 46.6. The number of aliphatic hydroxyl groups excluding tert-OH is 5. The summed E-state index contributed by atoms with van der Waals surface area (Å²) >= 11 is 0. The highest BCUT2D eigenvalue weighted by Crippen LogP contribution is 2.23. The molecule has 0 aliphatic carbocycles. The number of unbranched alkanes of at least 4 members (excludes halogenated alkanes) is 35. The highest BCUT2D eigenvalue weighted by Gasteiger charge is 2.44. The molecule has 378 valence electrons. The molecule has 0 bridgehead atoms. The molecule has 7 unspecified atom stereocenters. The van der Waals surface area contributed by atoms with Gasteiger partial charge >= 0.3 is 0 Å². The molecule has 1 aliphatic rings. The van der Waals surface area contributed by atoms with Crippen LogP contribution in [-0.4, -0.2) is 87.5 Å². The molecule has 7 atom stereocenters. The number of allylic oxidation sites excluding steroid dienone is 3. The summed E-state index contributed by atoms with van der Waals surface area (Å²) in [5.74, 6) is -0.175. The van der Waals surface area contributed by atoms with E-state index in [9.17, 15) is 30.3 Å². The fourth-order valence-electron chi connectivity index (χ4n) is 8.86. The fraction of sp³-hybridized carbons (Fsp3) is 0.909. The van der Waals surface area contributed by atoms with Gasteiger partial charge in [-0.2, -0.15) is 0 Å². The van der Waals surface area contributed by atoms with Crippen LogP contribution in [0.3, 0.4) is 0 Å². The minimum atomic E-state index is -1.56. The Bertz CT molecular complexity index is 1060. The first-order valence-corrected chi connectivity index (χ1v) is 27.6. The van der Waals surface area contributed by atoms with Crippen molar-refractivity contribution in [2.75, 3.05) is 13.2 Å². The number of rotatable bonds is 47. The van der Waals surface area contributed by atoms with Crippen LogP contribution in [0.2, 0.25) is 0 Å². The van der Waals surface area contributed by atoms with E-state index in [4.69, 9.17) is 9.47 Å². The van der Waals surface area contributed by atoms with E-state index in [0.29, 0.717) is 6.42 Å². The van der Waals surface area contributed by atoms with E-state index in [1.165, 1.54) is 205 Å². The van der Waals surface area contributed by atoms with Crippen molar-refractivity contribution in [1.29, 1.82) is 0 Å². The van der Waals surface area contributed by atoms with Crippen LogP contribution in [0.4, 0.5) is 0 Å². The van der Waals surface area contributed by atoms with E-state index in [0.717, 1.165) is 38.5 Å². The molecule has 1 fully saturated rings. The minimum absolute atomic E-state index is 0.175. The van der Waals surface area contributed by atoms with Gasteiger partial charge in [-0.1, -0.05) is 237 Å². The topological polar surface area (TPSA) is 149 Å². The lowest BCUT2D eigenvalue weighted by atomic mass is 9.99. The SMILES string of the molecule is CCCCCCCCCCCCCC/C=C\CCCCCCCCCCCCCC(=O)NC(COC1OC(CO)C(O)C(O)C1O)C(O)/C=C/CCCCCCCCCCCCCC. The highest BCUT2D eigenvalue weighted by molar-refractivity contribution is 5.76.